The number of phenolic OH excluding ortho intramolecular Hbond substituents is 1. The molecule has 20 heavy (non-hydrogen) atoms. The zero-order chi connectivity index (χ0) is 15.0. The standard InChI is InChI=1S/C16H25ClN2O/c1-15(2)8-13(9-16(3,4)19-15)18-10-11-7-12(17)5-6-14(11)20/h5-7,13,18-20H,8-10H2,1-4H3. The molecule has 0 aliphatic carbocycles. The average Bonchev–Trinajstić information content (AvgIpc) is 2.26. The molecule has 0 atom stereocenters. The van der Waals surface area contributed by atoms with Crippen LogP contribution in [0, 0.1) is 0 Å². The Hall–Kier alpha value is -0.770. The molecule has 4 heteroatoms. The van der Waals surface area contributed by atoms with E-state index in [1.54, 1.807) is 12.1 Å². The highest BCUT2D eigenvalue weighted by atomic mass is 35.5. The second-order valence-corrected chi connectivity index (χ2v) is 7.59. The molecule has 1 aliphatic heterocycles. The van der Waals surface area contributed by atoms with Crippen molar-refractivity contribution in [1.82, 2.24) is 10.6 Å². The number of hydrogen-bond donors (Lipinski definition) is 3. The van der Waals surface area contributed by atoms with E-state index in [1.165, 1.54) is 0 Å². The fraction of sp³-hybridized carbons (Fsp3) is 0.625. The van der Waals surface area contributed by atoms with E-state index < -0.39 is 0 Å². The van der Waals surface area contributed by atoms with Gasteiger partial charge in [-0.3, -0.25) is 0 Å². The molecule has 3 N–H and O–H groups in total. The molecule has 1 aliphatic rings. The summed E-state index contributed by atoms with van der Waals surface area (Å²) in [5.74, 6) is 0.300. The number of hydrogen-bond acceptors (Lipinski definition) is 3. The van der Waals surface area contributed by atoms with Gasteiger partial charge in [-0.15, -0.1) is 0 Å². The second kappa shape index (κ2) is 5.55. The van der Waals surface area contributed by atoms with Crippen LogP contribution in [0.15, 0.2) is 18.2 Å². The Labute approximate surface area is 126 Å². The number of halogens is 1. The van der Waals surface area contributed by atoms with Crippen LogP contribution < -0.4 is 10.6 Å². The Morgan fingerprint density at radius 1 is 1.25 bits per heavy atom. The quantitative estimate of drug-likeness (QED) is 0.800. The number of piperidine rings is 1. The normalized spacial score (nSPS) is 21.9. The van der Waals surface area contributed by atoms with Crippen LogP contribution in [0.3, 0.4) is 0 Å². The van der Waals surface area contributed by atoms with Gasteiger partial charge in [0, 0.05) is 34.3 Å². The van der Waals surface area contributed by atoms with E-state index in [-0.39, 0.29) is 11.1 Å². The van der Waals surface area contributed by atoms with Crippen molar-refractivity contribution >= 4 is 11.6 Å². The van der Waals surface area contributed by atoms with Crippen molar-refractivity contribution in [3.05, 3.63) is 28.8 Å². The van der Waals surface area contributed by atoms with Gasteiger partial charge in [-0.05, 0) is 58.7 Å². The van der Waals surface area contributed by atoms with Gasteiger partial charge in [0.2, 0.25) is 0 Å². The van der Waals surface area contributed by atoms with Gasteiger partial charge in [0.05, 0.1) is 0 Å². The Kier molecular flexibility index (Phi) is 4.33. The van der Waals surface area contributed by atoms with Crippen molar-refractivity contribution < 1.29 is 5.11 Å². The van der Waals surface area contributed by atoms with Crippen molar-refractivity contribution in [3.8, 4) is 5.75 Å². The third kappa shape index (κ3) is 4.11. The first kappa shape index (κ1) is 15.6. The van der Waals surface area contributed by atoms with Gasteiger partial charge in [0.15, 0.2) is 0 Å². The molecule has 0 saturated carbocycles. The molecule has 2 rings (SSSR count). The van der Waals surface area contributed by atoms with Crippen LogP contribution >= 0.6 is 11.6 Å². The summed E-state index contributed by atoms with van der Waals surface area (Å²) in [5.41, 5.74) is 1.10. The van der Waals surface area contributed by atoms with E-state index in [0.29, 0.717) is 23.4 Å². The molecule has 1 aromatic carbocycles. The largest absolute Gasteiger partial charge is 0.508 e. The summed E-state index contributed by atoms with van der Waals surface area (Å²) >= 11 is 5.98. The molecule has 0 bridgehead atoms. The smallest absolute Gasteiger partial charge is 0.120 e. The maximum atomic E-state index is 9.86. The third-order valence-electron chi connectivity index (χ3n) is 3.81. The van der Waals surface area contributed by atoms with Gasteiger partial charge in [-0.1, -0.05) is 11.6 Å². The summed E-state index contributed by atoms with van der Waals surface area (Å²) in [5, 5.41) is 17.7. The Bertz CT molecular complexity index is 469. The van der Waals surface area contributed by atoms with Gasteiger partial charge in [-0.2, -0.15) is 0 Å². The Balaban J connectivity index is 2.01. The minimum Gasteiger partial charge on any atom is -0.508 e. The van der Waals surface area contributed by atoms with Gasteiger partial charge in [0.1, 0.15) is 5.75 Å². The van der Waals surface area contributed by atoms with Crippen LogP contribution in [0.4, 0.5) is 0 Å². The number of aromatic hydroxyl groups is 1. The van der Waals surface area contributed by atoms with Crippen LogP contribution in [-0.4, -0.2) is 22.2 Å². The third-order valence-corrected chi connectivity index (χ3v) is 4.05. The Morgan fingerprint density at radius 3 is 2.45 bits per heavy atom. The predicted molar refractivity (Wildman–Crippen MR) is 84.3 cm³/mol. The topological polar surface area (TPSA) is 44.3 Å². The van der Waals surface area contributed by atoms with E-state index in [4.69, 9.17) is 11.6 Å². The fourth-order valence-electron chi connectivity index (χ4n) is 3.42. The van der Waals surface area contributed by atoms with E-state index in [2.05, 4.69) is 38.3 Å². The molecule has 0 aromatic heterocycles. The van der Waals surface area contributed by atoms with Gasteiger partial charge in [0.25, 0.3) is 0 Å². The minimum atomic E-state index is 0.121. The molecule has 112 valence electrons. The van der Waals surface area contributed by atoms with Crippen molar-refractivity contribution in [2.45, 2.75) is 64.2 Å². The van der Waals surface area contributed by atoms with Crippen LogP contribution in [0.2, 0.25) is 5.02 Å². The van der Waals surface area contributed by atoms with E-state index in [0.717, 1.165) is 18.4 Å². The average molecular weight is 297 g/mol. The molecule has 1 aromatic rings. The number of rotatable bonds is 3. The highest BCUT2D eigenvalue weighted by molar-refractivity contribution is 6.30. The Morgan fingerprint density at radius 2 is 1.85 bits per heavy atom. The number of benzene rings is 1. The van der Waals surface area contributed by atoms with Gasteiger partial charge in [-0.25, -0.2) is 0 Å². The zero-order valence-electron chi connectivity index (χ0n) is 12.8. The summed E-state index contributed by atoms with van der Waals surface area (Å²) in [6.07, 6.45) is 2.13. The maximum absolute atomic E-state index is 9.86. The molecule has 3 nitrogen and oxygen atoms in total. The number of phenols is 1. The van der Waals surface area contributed by atoms with Crippen LogP contribution in [0.1, 0.15) is 46.1 Å². The summed E-state index contributed by atoms with van der Waals surface area (Å²) in [7, 11) is 0. The molecule has 0 amide bonds. The fourth-order valence-corrected chi connectivity index (χ4v) is 3.61. The monoisotopic (exact) mass is 296 g/mol. The summed E-state index contributed by atoms with van der Waals surface area (Å²) in [4.78, 5) is 0. The summed E-state index contributed by atoms with van der Waals surface area (Å²) in [6, 6.07) is 5.60. The van der Waals surface area contributed by atoms with E-state index >= 15 is 0 Å². The lowest BCUT2D eigenvalue weighted by atomic mass is 9.79. The first-order valence-corrected chi connectivity index (χ1v) is 7.55. The second-order valence-electron chi connectivity index (χ2n) is 7.15. The molecule has 0 spiro atoms. The predicted octanol–water partition coefficient (Wildman–Crippen LogP) is 3.44. The molecular formula is C16H25ClN2O. The van der Waals surface area contributed by atoms with Crippen molar-refractivity contribution in [1.29, 1.82) is 0 Å². The maximum Gasteiger partial charge on any atom is 0.120 e. The first-order valence-electron chi connectivity index (χ1n) is 7.17. The van der Waals surface area contributed by atoms with Crippen molar-refractivity contribution in [2.24, 2.45) is 0 Å². The highest BCUT2D eigenvalue weighted by Crippen LogP contribution is 2.29. The summed E-state index contributed by atoms with van der Waals surface area (Å²) < 4.78 is 0. The molecular weight excluding hydrogens is 272 g/mol. The van der Waals surface area contributed by atoms with E-state index in [9.17, 15) is 5.11 Å². The molecule has 1 saturated heterocycles. The zero-order valence-corrected chi connectivity index (χ0v) is 13.5. The number of nitrogens with one attached hydrogen (secondary N) is 2. The van der Waals surface area contributed by atoms with Crippen LogP contribution in [0.25, 0.3) is 0 Å². The molecule has 1 fully saturated rings. The first-order chi connectivity index (χ1) is 9.17. The molecule has 1 heterocycles. The molecule has 0 unspecified atom stereocenters. The van der Waals surface area contributed by atoms with Crippen LogP contribution in [0.5, 0.6) is 5.75 Å². The van der Waals surface area contributed by atoms with E-state index in [1.807, 2.05) is 6.07 Å². The van der Waals surface area contributed by atoms with Gasteiger partial charge >= 0.3 is 0 Å². The van der Waals surface area contributed by atoms with Crippen molar-refractivity contribution in [3.63, 3.8) is 0 Å². The summed E-state index contributed by atoms with van der Waals surface area (Å²) in [6.45, 7) is 9.58. The van der Waals surface area contributed by atoms with Gasteiger partial charge < -0.3 is 15.7 Å². The minimum absolute atomic E-state index is 0.121. The molecule has 0 radical (unpaired) electrons. The van der Waals surface area contributed by atoms with Crippen LogP contribution in [-0.2, 0) is 6.54 Å². The lowest BCUT2D eigenvalue weighted by Crippen LogP contribution is -2.61. The lowest BCUT2D eigenvalue weighted by Gasteiger charge is -2.46. The lowest BCUT2D eigenvalue weighted by molar-refractivity contribution is 0.145. The highest BCUT2D eigenvalue weighted by Gasteiger charge is 2.37. The SMILES string of the molecule is CC1(C)CC(NCc2cc(Cl)ccc2O)CC(C)(C)N1. The van der Waals surface area contributed by atoms with Crippen molar-refractivity contribution in [2.75, 3.05) is 0 Å².